The molecule has 0 aromatic heterocycles. The van der Waals surface area contributed by atoms with Crippen molar-refractivity contribution in [1.29, 1.82) is 0 Å². The summed E-state index contributed by atoms with van der Waals surface area (Å²) in [6, 6.07) is 13.2. The quantitative estimate of drug-likeness (QED) is 0.817. The van der Waals surface area contributed by atoms with Crippen LogP contribution in [0.3, 0.4) is 0 Å². The molecule has 0 aliphatic rings. The molecule has 0 heterocycles. The molecule has 21 heavy (non-hydrogen) atoms. The molecule has 0 saturated heterocycles. The van der Waals surface area contributed by atoms with Gasteiger partial charge in [0.2, 0.25) is 5.91 Å². The van der Waals surface area contributed by atoms with Gasteiger partial charge in [0.05, 0.1) is 6.42 Å². The summed E-state index contributed by atoms with van der Waals surface area (Å²) in [7, 11) is 0. The zero-order valence-corrected chi connectivity index (χ0v) is 13.9. The molecule has 0 radical (unpaired) electrons. The van der Waals surface area contributed by atoms with Gasteiger partial charge in [-0.25, -0.2) is 0 Å². The predicted molar refractivity (Wildman–Crippen MR) is 93.5 cm³/mol. The largest absolute Gasteiger partial charge is 0.389 e. The number of hydrogen-bond acceptors (Lipinski definition) is 2. The molecule has 5 heteroatoms. The van der Waals surface area contributed by atoms with Gasteiger partial charge in [0, 0.05) is 15.7 Å². The molecule has 108 valence electrons. The molecule has 0 aliphatic heterocycles. The molecule has 2 rings (SSSR count). The van der Waals surface area contributed by atoms with Gasteiger partial charge in [0.1, 0.15) is 4.99 Å². The van der Waals surface area contributed by atoms with Crippen LogP contribution in [0, 0.1) is 6.92 Å². The summed E-state index contributed by atoms with van der Waals surface area (Å²) in [5.41, 5.74) is 9.10. The van der Waals surface area contributed by atoms with Gasteiger partial charge in [-0.1, -0.05) is 58.5 Å². The Hall–Kier alpha value is -1.72. The summed E-state index contributed by atoms with van der Waals surface area (Å²) in [5.74, 6) is -0.0562. The van der Waals surface area contributed by atoms with Crippen LogP contribution < -0.4 is 11.1 Å². The van der Waals surface area contributed by atoms with Gasteiger partial charge in [-0.3, -0.25) is 4.79 Å². The van der Waals surface area contributed by atoms with Crippen molar-refractivity contribution < 1.29 is 4.79 Å². The third-order valence-electron chi connectivity index (χ3n) is 3.08. The molecule has 0 spiro atoms. The second-order valence-electron chi connectivity index (χ2n) is 4.75. The van der Waals surface area contributed by atoms with Gasteiger partial charge in [-0.05, 0) is 30.2 Å². The van der Waals surface area contributed by atoms with E-state index >= 15 is 0 Å². The van der Waals surface area contributed by atoms with Crippen LogP contribution in [0.25, 0.3) is 0 Å². The van der Waals surface area contributed by atoms with Crippen LogP contribution in [0.15, 0.2) is 46.9 Å². The number of carbonyl (C=O) groups is 1. The Morgan fingerprint density at radius 1 is 1.24 bits per heavy atom. The molecule has 0 bridgehead atoms. The van der Waals surface area contributed by atoms with Crippen LogP contribution in [0.2, 0.25) is 0 Å². The van der Waals surface area contributed by atoms with Crippen LogP contribution >= 0.6 is 28.1 Å². The average Bonchev–Trinajstić information content (AvgIpc) is 2.43. The predicted octanol–water partition coefficient (Wildman–Crippen LogP) is 3.57. The van der Waals surface area contributed by atoms with Crippen molar-refractivity contribution in [3.8, 4) is 0 Å². The van der Waals surface area contributed by atoms with Gasteiger partial charge in [-0.15, -0.1) is 0 Å². The lowest BCUT2D eigenvalue weighted by Gasteiger charge is -2.09. The van der Waals surface area contributed by atoms with Gasteiger partial charge < -0.3 is 11.1 Å². The Morgan fingerprint density at radius 3 is 2.52 bits per heavy atom. The van der Waals surface area contributed by atoms with Crippen molar-refractivity contribution in [2.24, 2.45) is 5.73 Å². The number of anilines is 1. The smallest absolute Gasteiger partial charge is 0.228 e. The summed E-state index contributed by atoms with van der Waals surface area (Å²) >= 11 is 8.30. The van der Waals surface area contributed by atoms with Gasteiger partial charge >= 0.3 is 0 Å². The number of nitrogens with one attached hydrogen (secondary N) is 1. The first-order chi connectivity index (χ1) is 9.95. The van der Waals surface area contributed by atoms with E-state index < -0.39 is 0 Å². The summed E-state index contributed by atoms with van der Waals surface area (Å²) in [5, 5.41) is 2.92. The van der Waals surface area contributed by atoms with Crippen LogP contribution in [0.1, 0.15) is 16.7 Å². The summed E-state index contributed by atoms with van der Waals surface area (Å²) in [4.78, 5) is 12.4. The van der Waals surface area contributed by atoms with Crippen molar-refractivity contribution >= 4 is 44.7 Å². The molecule has 2 aromatic carbocycles. The topological polar surface area (TPSA) is 55.1 Å². The first kappa shape index (κ1) is 15.7. The standard InChI is InChI=1S/C16H15BrN2OS/c1-10-2-7-13(17)9-14(10)19-15(20)8-11-3-5-12(6-4-11)16(18)21/h2-7,9H,8H2,1H3,(H2,18,21)(H,19,20). The number of aryl methyl sites for hydroxylation is 1. The maximum Gasteiger partial charge on any atom is 0.228 e. The Labute approximate surface area is 137 Å². The number of rotatable bonds is 4. The van der Waals surface area contributed by atoms with E-state index in [1.165, 1.54) is 0 Å². The minimum Gasteiger partial charge on any atom is -0.389 e. The van der Waals surface area contributed by atoms with Gasteiger partial charge in [0.25, 0.3) is 0 Å². The zero-order valence-electron chi connectivity index (χ0n) is 11.5. The highest BCUT2D eigenvalue weighted by Crippen LogP contribution is 2.20. The van der Waals surface area contributed by atoms with E-state index in [1.807, 2.05) is 49.4 Å². The number of carbonyl (C=O) groups excluding carboxylic acids is 1. The Kier molecular flexibility index (Phi) is 5.09. The zero-order chi connectivity index (χ0) is 15.4. The van der Waals surface area contributed by atoms with E-state index in [2.05, 4.69) is 21.2 Å². The molecule has 0 unspecified atom stereocenters. The molecular formula is C16H15BrN2OS. The number of nitrogens with two attached hydrogens (primary N) is 1. The molecule has 0 atom stereocenters. The van der Waals surface area contributed by atoms with Gasteiger partial charge in [-0.2, -0.15) is 0 Å². The van der Waals surface area contributed by atoms with E-state index in [0.29, 0.717) is 11.4 Å². The minimum atomic E-state index is -0.0562. The maximum atomic E-state index is 12.1. The van der Waals surface area contributed by atoms with Crippen molar-refractivity contribution in [3.05, 3.63) is 63.6 Å². The third kappa shape index (κ3) is 4.37. The molecular weight excluding hydrogens is 348 g/mol. The number of hydrogen-bond donors (Lipinski definition) is 2. The van der Waals surface area contributed by atoms with Crippen molar-refractivity contribution in [2.45, 2.75) is 13.3 Å². The highest BCUT2D eigenvalue weighted by Gasteiger charge is 2.07. The minimum absolute atomic E-state index is 0.0562. The van der Waals surface area contributed by atoms with E-state index in [1.54, 1.807) is 0 Å². The van der Waals surface area contributed by atoms with Crippen LogP contribution in [0.5, 0.6) is 0 Å². The lowest BCUT2D eigenvalue weighted by atomic mass is 10.1. The average molecular weight is 363 g/mol. The number of halogens is 1. The number of benzene rings is 2. The van der Waals surface area contributed by atoms with E-state index in [0.717, 1.165) is 26.9 Å². The SMILES string of the molecule is Cc1ccc(Br)cc1NC(=O)Cc1ccc(C(N)=S)cc1. The fraction of sp³-hybridized carbons (Fsp3) is 0.125. The molecule has 0 fully saturated rings. The fourth-order valence-corrected chi connectivity index (χ4v) is 2.39. The highest BCUT2D eigenvalue weighted by molar-refractivity contribution is 9.10. The lowest BCUT2D eigenvalue weighted by Crippen LogP contribution is -2.15. The Balaban J connectivity index is 2.04. The van der Waals surface area contributed by atoms with Crippen LogP contribution in [0.4, 0.5) is 5.69 Å². The van der Waals surface area contributed by atoms with E-state index in [9.17, 15) is 4.79 Å². The summed E-state index contributed by atoms with van der Waals surface area (Å²) in [6.45, 7) is 1.96. The maximum absolute atomic E-state index is 12.1. The second-order valence-corrected chi connectivity index (χ2v) is 6.10. The molecule has 0 saturated carbocycles. The highest BCUT2D eigenvalue weighted by atomic mass is 79.9. The first-order valence-corrected chi connectivity index (χ1v) is 7.60. The molecule has 3 nitrogen and oxygen atoms in total. The Bertz CT molecular complexity index is 683. The number of thiocarbonyl (C=S) groups is 1. The summed E-state index contributed by atoms with van der Waals surface area (Å²) < 4.78 is 0.934. The fourth-order valence-electron chi connectivity index (χ4n) is 1.90. The van der Waals surface area contributed by atoms with Gasteiger partial charge in [0.15, 0.2) is 0 Å². The van der Waals surface area contributed by atoms with E-state index in [-0.39, 0.29) is 5.91 Å². The molecule has 3 N–H and O–H groups in total. The van der Waals surface area contributed by atoms with Crippen LogP contribution in [-0.4, -0.2) is 10.9 Å². The summed E-state index contributed by atoms with van der Waals surface area (Å²) in [6.07, 6.45) is 0.309. The van der Waals surface area contributed by atoms with Crippen molar-refractivity contribution in [1.82, 2.24) is 0 Å². The van der Waals surface area contributed by atoms with Crippen molar-refractivity contribution in [2.75, 3.05) is 5.32 Å². The van der Waals surface area contributed by atoms with E-state index in [4.69, 9.17) is 18.0 Å². The lowest BCUT2D eigenvalue weighted by molar-refractivity contribution is -0.115. The van der Waals surface area contributed by atoms with Crippen LogP contribution in [-0.2, 0) is 11.2 Å². The number of amides is 1. The first-order valence-electron chi connectivity index (χ1n) is 6.40. The molecule has 0 aliphatic carbocycles. The second kappa shape index (κ2) is 6.83. The van der Waals surface area contributed by atoms with Crippen molar-refractivity contribution in [3.63, 3.8) is 0 Å². The third-order valence-corrected chi connectivity index (χ3v) is 3.81. The normalized spacial score (nSPS) is 10.2. The Morgan fingerprint density at radius 2 is 1.90 bits per heavy atom. The molecule has 2 aromatic rings. The monoisotopic (exact) mass is 362 g/mol. The molecule has 1 amide bonds.